The molecule has 6 nitrogen and oxygen atoms in total. The van der Waals surface area contributed by atoms with Crippen molar-refractivity contribution in [3.63, 3.8) is 0 Å². The van der Waals surface area contributed by atoms with Gasteiger partial charge in [-0.15, -0.1) is 0 Å². The van der Waals surface area contributed by atoms with Crippen molar-refractivity contribution < 1.29 is 12.8 Å². The Bertz CT molecular complexity index is 698. The summed E-state index contributed by atoms with van der Waals surface area (Å²) in [7, 11) is -4.14. The molecule has 0 fully saturated rings. The van der Waals surface area contributed by atoms with Crippen molar-refractivity contribution >= 4 is 16.0 Å². The molecule has 19 heavy (non-hydrogen) atoms. The molecule has 1 N–H and O–H groups in total. The van der Waals surface area contributed by atoms with E-state index in [4.69, 9.17) is 0 Å². The highest BCUT2D eigenvalue weighted by atomic mass is 32.2. The first kappa shape index (κ1) is 13.3. The third-order valence-electron chi connectivity index (χ3n) is 2.19. The second-order valence-corrected chi connectivity index (χ2v) is 5.47. The minimum absolute atomic E-state index is 0.109. The number of hydrogen-bond donors (Lipinski definition) is 1. The summed E-state index contributed by atoms with van der Waals surface area (Å²) in [6.45, 7) is 3.40. The summed E-state index contributed by atoms with van der Waals surface area (Å²) in [4.78, 5) is 11.4. The first-order chi connectivity index (χ1) is 8.88. The molecule has 0 unspecified atom stereocenters. The molecule has 0 atom stereocenters. The van der Waals surface area contributed by atoms with Crippen LogP contribution < -0.4 is 4.72 Å². The number of aromatic nitrogens is 3. The van der Waals surface area contributed by atoms with Gasteiger partial charge in [0.2, 0.25) is 11.0 Å². The summed E-state index contributed by atoms with van der Waals surface area (Å²) in [5.41, 5.74) is 1.21. The SMILES string of the molecule is Cc1cc(C)nc(NS(=O)(=O)c2ncccc2F)n1. The molecule has 2 rings (SSSR count). The van der Waals surface area contributed by atoms with Crippen LogP contribution in [0.25, 0.3) is 0 Å². The predicted molar refractivity (Wildman–Crippen MR) is 66.5 cm³/mol. The summed E-state index contributed by atoms with van der Waals surface area (Å²) in [6.07, 6.45) is 1.19. The predicted octanol–water partition coefficient (Wildman–Crippen LogP) is 1.43. The van der Waals surface area contributed by atoms with Crippen molar-refractivity contribution in [1.29, 1.82) is 0 Å². The number of halogens is 1. The Hall–Kier alpha value is -2.09. The van der Waals surface area contributed by atoms with Crippen LogP contribution in [0, 0.1) is 19.7 Å². The van der Waals surface area contributed by atoms with Crippen LogP contribution in [0.1, 0.15) is 11.4 Å². The van der Waals surface area contributed by atoms with E-state index in [1.54, 1.807) is 19.9 Å². The molecule has 0 aliphatic rings. The van der Waals surface area contributed by atoms with Crippen LogP contribution >= 0.6 is 0 Å². The van der Waals surface area contributed by atoms with Crippen molar-refractivity contribution in [2.24, 2.45) is 0 Å². The molecular weight excluding hydrogens is 271 g/mol. The fourth-order valence-electron chi connectivity index (χ4n) is 1.51. The molecule has 8 heteroatoms. The van der Waals surface area contributed by atoms with E-state index in [1.807, 2.05) is 0 Å². The summed E-state index contributed by atoms with van der Waals surface area (Å²) in [5.74, 6) is -1.04. The molecular formula is C11H11FN4O2S. The summed E-state index contributed by atoms with van der Waals surface area (Å²) < 4.78 is 39.4. The lowest BCUT2D eigenvalue weighted by atomic mass is 10.4. The lowest BCUT2D eigenvalue weighted by molar-refractivity contribution is 0.556. The third-order valence-corrected chi connectivity index (χ3v) is 3.45. The molecule has 2 aromatic rings. The van der Waals surface area contributed by atoms with E-state index in [-0.39, 0.29) is 5.95 Å². The van der Waals surface area contributed by atoms with E-state index in [9.17, 15) is 12.8 Å². The van der Waals surface area contributed by atoms with Gasteiger partial charge in [-0.3, -0.25) is 0 Å². The quantitative estimate of drug-likeness (QED) is 0.920. The first-order valence-electron chi connectivity index (χ1n) is 5.34. The fourth-order valence-corrected chi connectivity index (χ4v) is 2.46. The highest BCUT2D eigenvalue weighted by molar-refractivity contribution is 7.92. The number of nitrogens with zero attached hydrogens (tertiary/aromatic N) is 3. The van der Waals surface area contributed by atoms with Gasteiger partial charge in [-0.1, -0.05) is 0 Å². The van der Waals surface area contributed by atoms with Gasteiger partial charge in [-0.05, 0) is 32.0 Å². The van der Waals surface area contributed by atoms with Gasteiger partial charge in [-0.2, -0.15) is 8.42 Å². The average Bonchev–Trinajstić information content (AvgIpc) is 2.26. The molecule has 2 heterocycles. The lowest BCUT2D eigenvalue weighted by Crippen LogP contribution is -2.18. The molecule has 0 radical (unpaired) electrons. The lowest BCUT2D eigenvalue weighted by Gasteiger charge is -2.07. The van der Waals surface area contributed by atoms with Gasteiger partial charge in [0.25, 0.3) is 10.0 Å². The van der Waals surface area contributed by atoms with Crippen molar-refractivity contribution in [3.8, 4) is 0 Å². The number of anilines is 1. The molecule has 0 aliphatic carbocycles. The molecule has 0 aliphatic heterocycles. The maximum atomic E-state index is 13.4. The summed E-state index contributed by atoms with van der Waals surface area (Å²) in [6, 6.07) is 4.02. The van der Waals surface area contributed by atoms with Crippen LogP contribution in [0.15, 0.2) is 29.4 Å². The molecule has 2 aromatic heterocycles. The molecule has 100 valence electrons. The van der Waals surface area contributed by atoms with Crippen molar-refractivity contribution in [2.75, 3.05) is 4.72 Å². The fraction of sp³-hybridized carbons (Fsp3) is 0.182. The second kappa shape index (κ2) is 4.88. The number of hydrogen-bond acceptors (Lipinski definition) is 5. The van der Waals surface area contributed by atoms with Gasteiger partial charge in [0, 0.05) is 17.6 Å². The van der Waals surface area contributed by atoms with Crippen LogP contribution in [0.5, 0.6) is 0 Å². The number of pyridine rings is 1. The van der Waals surface area contributed by atoms with Gasteiger partial charge < -0.3 is 0 Å². The standard InChI is InChI=1S/C11H11FN4O2S/c1-7-6-8(2)15-11(14-7)16-19(17,18)10-9(12)4-3-5-13-10/h3-6H,1-2H3,(H,14,15,16). The number of aryl methyl sites for hydroxylation is 2. The topological polar surface area (TPSA) is 84.8 Å². The van der Waals surface area contributed by atoms with Gasteiger partial charge in [0.15, 0.2) is 5.82 Å². The normalized spacial score (nSPS) is 11.3. The van der Waals surface area contributed by atoms with E-state index in [0.29, 0.717) is 11.4 Å². The Balaban J connectivity index is 2.39. The largest absolute Gasteiger partial charge is 0.284 e. The van der Waals surface area contributed by atoms with Crippen LogP contribution in [0.3, 0.4) is 0 Å². The zero-order valence-corrected chi connectivity index (χ0v) is 11.1. The maximum Gasteiger partial charge on any atom is 0.284 e. The molecule has 0 amide bonds. The molecule has 0 bridgehead atoms. The van der Waals surface area contributed by atoms with E-state index in [0.717, 1.165) is 6.07 Å². The highest BCUT2D eigenvalue weighted by Gasteiger charge is 2.21. The Kier molecular flexibility index (Phi) is 3.43. The van der Waals surface area contributed by atoms with Crippen LogP contribution in [-0.2, 0) is 10.0 Å². The molecule has 0 saturated heterocycles. The minimum Gasteiger partial charge on any atom is -0.246 e. The Morgan fingerprint density at radius 1 is 1.21 bits per heavy atom. The summed E-state index contributed by atoms with van der Waals surface area (Å²) in [5, 5.41) is -0.683. The monoisotopic (exact) mass is 282 g/mol. The Morgan fingerprint density at radius 3 is 2.42 bits per heavy atom. The van der Waals surface area contributed by atoms with Crippen molar-refractivity contribution in [1.82, 2.24) is 15.0 Å². The van der Waals surface area contributed by atoms with Gasteiger partial charge >= 0.3 is 0 Å². The minimum atomic E-state index is -4.14. The Labute approximate surface area is 109 Å². The number of nitrogens with one attached hydrogen (secondary N) is 1. The average molecular weight is 282 g/mol. The van der Waals surface area contributed by atoms with E-state index >= 15 is 0 Å². The van der Waals surface area contributed by atoms with Crippen molar-refractivity contribution in [3.05, 3.63) is 41.6 Å². The molecule has 0 spiro atoms. The third kappa shape index (κ3) is 3.02. The summed E-state index contributed by atoms with van der Waals surface area (Å²) >= 11 is 0. The Morgan fingerprint density at radius 2 is 1.84 bits per heavy atom. The maximum absolute atomic E-state index is 13.4. The van der Waals surface area contributed by atoms with Crippen LogP contribution in [0.4, 0.5) is 10.3 Å². The zero-order chi connectivity index (χ0) is 14.0. The second-order valence-electron chi connectivity index (χ2n) is 3.87. The first-order valence-corrected chi connectivity index (χ1v) is 6.82. The van der Waals surface area contributed by atoms with Gasteiger partial charge in [0.05, 0.1) is 0 Å². The van der Waals surface area contributed by atoms with E-state index < -0.39 is 20.9 Å². The zero-order valence-electron chi connectivity index (χ0n) is 10.3. The highest BCUT2D eigenvalue weighted by Crippen LogP contribution is 2.14. The van der Waals surface area contributed by atoms with Gasteiger partial charge in [-0.25, -0.2) is 24.1 Å². The molecule has 0 saturated carbocycles. The van der Waals surface area contributed by atoms with E-state index in [1.165, 1.54) is 12.3 Å². The van der Waals surface area contributed by atoms with Gasteiger partial charge in [0.1, 0.15) is 0 Å². The smallest absolute Gasteiger partial charge is 0.246 e. The number of rotatable bonds is 3. The van der Waals surface area contributed by atoms with E-state index in [2.05, 4.69) is 19.7 Å². The van der Waals surface area contributed by atoms with Crippen LogP contribution in [-0.4, -0.2) is 23.4 Å². The van der Waals surface area contributed by atoms with Crippen LogP contribution in [0.2, 0.25) is 0 Å². The van der Waals surface area contributed by atoms with Crippen molar-refractivity contribution in [2.45, 2.75) is 18.9 Å². The number of sulfonamides is 1. The molecule has 0 aromatic carbocycles.